The molecule has 0 unspecified atom stereocenters. The quantitative estimate of drug-likeness (QED) is 0.111. The highest BCUT2D eigenvalue weighted by Crippen LogP contribution is 2.28. The van der Waals surface area contributed by atoms with E-state index >= 15 is 0 Å². The van der Waals surface area contributed by atoms with Crippen molar-refractivity contribution in [1.29, 1.82) is 0 Å². The summed E-state index contributed by atoms with van der Waals surface area (Å²) in [6, 6.07) is 25.3. The average Bonchev–Trinajstić information content (AvgIpc) is 2.94. The van der Waals surface area contributed by atoms with Gasteiger partial charge in [0.15, 0.2) is 11.5 Å². The van der Waals surface area contributed by atoms with Gasteiger partial charge >= 0.3 is 5.97 Å². The molecule has 0 aliphatic rings. The summed E-state index contributed by atoms with van der Waals surface area (Å²) >= 11 is 11.8. The van der Waals surface area contributed by atoms with E-state index < -0.39 is 5.97 Å². The Morgan fingerprint density at radius 3 is 2.11 bits per heavy atom. The van der Waals surface area contributed by atoms with Gasteiger partial charge in [-0.15, -0.1) is 0 Å². The molecule has 0 fully saturated rings. The van der Waals surface area contributed by atoms with Crippen LogP contribution in [0.5, 0.6) is 17.2 Å². The molecule has 7 nitrogen and oxygen atoms in total. The number of hydrogen-bond acceptors (Lipinski definition) is 6. The smallest absolute Gasteiger partial charge is 0.343 e. The Bertz CT molecular complexity index is 1440. The van der Waals surface area contributed by atoms with Crippen molar-refractivity contribution in [3.05, 3.63) is 123 Å². The molecule has 0 radical (unpaired) electrons. The molecule has 4 aromatic rings. The Morgan fingerprint density at radius 1 is 0.816 bits per heavy atom. The monoisotopic (exact) mass is 548 g/mol. The van der Waals surface area contributed by atoms with Crippen LogP contribution in [0.1, 0.15) is 31.8 Å². The molecule has 0 bridgehead atoms. The van der Waals surface area contributed by atoms with E-state index in [2.05, 4.69) is 10.5 Å². The minimum Gasteiger partial charge on any atom is -0.493 e. The van der Waals surface area contributed by atoms with Crippen molar-refractivity contribution in [2.75, 3.05) is 7.11 Å². The highest BCUT2D eigenvalue weighted by Gasteiger charge is 2.13. The number of nitrogens with one attached hydrogen (secondary N) is 1. The molecule has 0 aromatic heterocycles. The highest BCUT2D eigenvalue weighted by atomic mass is 35.5. The Hall–Kier alpha value is -4.33. The first kappa shape index (κ1) is 26.7. The topological polar surface area (TPSA) is 86.2 Å². The van der Waals surface area contributed by atoms with Gasteiger partial charge in [-0.2, -0.15) is 5.10 Å². The van der Waals surface area contributed by atoms with E-state index in [1.165, 1.54) is 13.3 Å². The maximum Gasteiger partial charge on any atom is 0.343 e. The van der Waals surface area contributed by atoms with Crippen LogP contribution in [0.25, 0.3) is 0 Å². The molecule has 0 atom stereocenters. The maximum atomic E-state index is 12.4. The van der Waals surface area contributed by atoms with Gasteiger partial charge in [0.2, 0.25) is 0 Å². The van der Waals surface area contributed by atoms with Gasteiger partial charge in [-0.25, -0.2) is 10.2 Å². The zero-order valence-electron chi connectivity index (χ0n) is 20.2. The number of amides is 1. The number of hydrazone groups is 1. The van der Waals surface area contributed by atoms with Gasteiger partial charge in [-0.05, 0) is 90.0 Å². The zero-order chi connectivity index (χ0) is 26.9. The lowest BCUT2D eigenvalue weighted by atomic mass is 10.2. The number of rotatable bonds is 9. The first-order valence-corrected chi connectivity index (χ1v) is 12.1. The first-order chi connectivity index (χ1) is 18.4. The molecule has 0 saturated heterocycles. The van der Waals surface area contributed by atoms with Crippen molar-refractivity contribution in [3.63, 3.8) is 0 Å². The summed E-state index contributed by atoms with van der Waals surface area (Å²) in [5.74, 6) is 0.272. The Kier molecular flexibility index (Phi) is 8.98. The van der Waals surface area contributed by atoms with E-state index in [0.29, 0.717) is 44.8 Å². The van der Waals surface area contributed by atoms with Crippen LogP contribution < -0.4 is 19.6 Å². The molecular weight excluding hydrogens is 527 g/mol. The number of ether oxygens (including phenoxy) is 3. The van der Waals surface area contributed by atoms with Crippen molar-refractivity contribution < 1.29 is 23.8 Å². The average molecular weight is 549 g/mol. The molecule has 0 saturated carbocycles. The molecule has 0 aliphatic carbocycles. The third kappa shape index (κ3) is 7.35. The largest absolute Gasteiger partial charge is 0.493 e. The summed E-state index contributed by atoms with van der Waals surface area (Å²) in [6.45, 7) is 0.385. The highest BCUT2D eigenvalue weighted by molar-refractivity contribution is 6.30. The van der Waals surface area contributed by atoms with E-state index in [0.717, 1.165) is 5.56 Å². The number of halogens is 2. The van der Waals surface area contributed by atoms with Gasteiger partial charge in [0, 0.05) is 15.6 Å². The van der Waals surface area contributed by atoms with Gasteiger partial charge < -0.3 is 14.2 Å². The predicted octanol–water partition coefficient (Wildman–Crippen LogP) is 6.56. The van der Waals surface area contributed by atoms with Crippen LogP contribution >= 0.6 is 23.2 Å². The zero-order valence-corrected chi connectivity index (χ0v) is 21.7. The number of hydrogen-bond donors (Lipinski definition) is 1. The minimum absolute atomic E-state index is 0.243. The standard InChI is InChI=1S/C29H22Cl2N2O5/c1-36-27-16-20(4-15-26(27)38-29(35)22-5-11-24(31)12-6-22)17-32-33-28(34)21-7-13-25(14-8-21)37-18-19-2-9-23(30)10-3-19/h2-17H,18H2,1H3,(H,33,34)/b32-17+. The van der Waals surface area contributed by atoms with Crippen molar-refractivity contribution in [3.8, 4) is 17.2 Å². The number of benzene rings is 4. The molecule has 0 heterocycles. The lowest BCUT2D eigenvalue weighted by molar-refractivity contribution is 0.0729. The van der Waals surface area contributed by atoms with Crippen molar-refractivity contribution in [2.45, 2.75) is 6.61 Å². The molecule has 9 heteroatoms. The molecular formula is C29H22Cl2N2O5. The van der Waals surface area contributed by atoms with Crippen LogP contribution in [0.3, 0.4) is 0 Å². The lowest BCUT2D eigenvalue weighted by Crippen LogP contribution is -2.17. The fourth-order valence-electron chi connectivity index (χ4n) is 3.27. The lowest BCUT2D eigenvalue weighted by Gasteiger charge is -2.10. The van der Waals surface area contributed by atoms with Crippen LogP contribution in [-0.4, -0.2) is 25.2 Å². The number of methoxy groups -OCH3 is 1. The van der Waals surface area contributed by atoms with Crippen molar-refractivity contribution in [1.82, 2.24) is 5.43 Å². The van der Waals surface area contributed by atoms with Crippen molar-refractivity contribution in [2.24, 2.45) is 5.10 Å². The molecule has 4 aromatic carbocycles. The third-order valence-corrected chi connectivity index (χ3v) is 5.79. The van der Waals surface area contributed by atoms with Gasteiger partial charge in [0.1, 0.15) is 12.4 Å². The fraction of sp³-hybridized carbons (Fsp3) is 0.0690. The van der Waals surface area contributed by atoms with Gasteiger partial charge in [-0.1, -0.05) is 35.3 Å². The van der Waals surface area contributed by atoms with Crippen LogP contribution in [0.4, 0.5) is 0 Å². The van der Waals surface area contributed by atoms with E-state index in [1.54, 1.807) is 78.9 Å². The summed E-state index contributed by atoms with van der Waals surface area (Å²) in [4.78, 5) is 24.8. The van der Waals surface area contributed by atoms with E-state index in [4.69, 9.17) is 37.4 Å². The molecule has 0 spiro atoms. The summed E-state index contributed by atoms with van der Waals surface area (Å²) < 4.78 is 16.5. The summed E-state index contributed by atoms with van der Waals surface area (Å²) in [5.41, 5.74) is 4.86. The number of carbonyl (C=O) groups is 2. The summed E-state index contributed by atoms with van der Waals surface area (Å²) in [6.07, 6.45) is 1.45. The Labute approximate surface area is 229 Å². The van der Waals surface area contributed by atoms with Crippen LogP contribution in [0.15, 0.2) is 96.1 Å². The minimum atomic E-state index is -0.546. The van der Waals surface area contributed by atoms with Gasteiger partial charge in [-0.3, -0.25) is 4.79 Å². The van der Waals surface area contributed by atoms with Crippen LogP contribution in [-0.2, 0) is 6.61 Å². The molecule has 192 valence electrons. The number of esters is 1. The molecule has 1 amide bonds. The van der Waals surface area contributed by atoms with Gasteiger partial charge in [0.05, 0.1) is 18.9 Å². The normalized spacial score (nSPS) is 10.7. The Balaban J connectivity index is 1.31. The SMILES string of the molecule is COc1cc(/C=N/NC(=O)c2ccc(OCc3ccc(Cl)cc3)cc2)ccc1OC(=O)c1ccc(Cl)cc1. The van der Waals surface area contributed by atoms with Crippen molar-refractivity contribution >= 4 is 41.3 Å². The first-order valence-electron chi connectivity index (χ1n) is 11.4. The molecule has 1 N–H and O–H groups in total. The van der Waals surface area contributed by atoms with E-state index in [9.17, 15) is 9.59 Å². The maximum absolute atomic E-state index is 12.4. The summed E-state index contributed by atoms with van der Waals surface area (Å²) in [7, 11) is 1.46. The Morgan fingerprint density at radius 2 is 1.45 bits per heavy atom. The van der Waals surface area contributed by atoms with Crippen LogP contribution in [0, 0.1) is 0 Å². The molecule has 38 heavy (non-hydrogen) atoms. The number of nitrogens with zero attached hydrogens (tertiary/aromatic N) is 1. The van der Waals surface area contributed by atoms with E-state index in [1.807, 2.05) is 12.1 Å². The molecule has 0 aliphatic heterocycles. The van der Waals surface area contributed by atoms with E-state index in [-0.39, 0.29) is 11.7 Å². The second-order valence-corrected chi connectivity index (χ2v) is 8.82. The second kappa shape index (κ2) is 12.8. The second-order valence-electron chi connectivity index (χ2n) is 7.95. The third-order valence-electron chi connectivity index (χ3n) is 5.29. The predicted molar refractivity (Wildman–Crippen MR) is 147 cm³/mol. The van der Waals surface area contributed by atoms with Gasteiger partial charge in [0.25, 0.3) is 5.91 Å². The van der Waals surface area contributed by atoms with Crippen LogP contribution in [0.2, 0.25) is 10.0 Å². The number of carbonyl (C=O) groups excluding carboxylic acids is 2. The molecule has 4 rings (SSSR count). The fourth-order valence-corrected chi connectivity index (χ4v) is 3.53. The summed E-state index contributed by atoms with van der Waals surface area (Å²) in [5, 5.41) is 5.19.